The van der Waals surface area contributed by atoms with Gasteiger partial charge in [0.05, 0.1) is 12.2 Å². The summed E-state index contributed by atoms with van der Waals surface area (Å²) in [6, 6.07) is 3.85. The molecular formula is C15H16N4O3S2. The molecule has 0 aliphatic heterocycles. The van der Waals surface area contributed by atoms with Crippen LogP contribution in [-0.2, 0) is 17.1 Å². The molecule has 7 nitrogen and oxygen atoms in total. The van der Waals surface area contributed by atoms with Crippen LogP contribution in [0.4, 0.5) is 0 Å². The van der Waals surface area contributed by atoms with Crippen LogP contribution < -0.4 is 4.72 Å². The van der Waals surface area contributed by atoms with Crippen LogP contribution in [0.5, 0.6) is 0 Å². The van der Waals surface area contributed by atoms with Gasteiger partial charge in [0.1, 0.15) is 15.4 Å². The number of thiophene rings is 1. The average Bonchev–Trinajstić information content (AvgIpc) is 3.14. The fraction of sp³-hybridized carbons (Fsp3) is 0.333. The summed E-state index contributed by atoms with van der Waals surface area (Å²) >= 11 is 1.50. The number of carbonyl (C=O) groups is 1. The van der Waals surface area contributed by atoms with Crippen LogP contribution in [0, 0.1) is 0 Å². The number of carbonyl (C=O) groups excluding carboxylic acids is 1. The van der Waals surface area contributed by atoms with Crippen molar-refractivity contribution in [1.29, 1.82) is 0 Å². The molecule has 0 atom stereocenters. The summed E-state index contributed by atoms with van der Waals surface area (Å²) in [5, 5.41) is 6.96. The van der Waals surface area contributed by atoms with Crippen LogP contribution >= 0.6 is 11.3 Å². The largest absolute Gasteiger partial charge is 0.331 e. The van der Waals surface area contributed by atoms with Gasteiger partial charge in [0.25, 0.3) is 15.9 Å². The molecule has 0 saturated heterocycles. The third kappa shape index (κ3) is 2.44. The summed E-state index contributed by atoms with van der Waals surface area (Å²) in [7, 11) is -2.19. The molecule has 0 spiro atoms. The van der Waals surface area contributed by atoms with Gasteiger partial charge in [-0.25, -0.2) is 13.1 Å². The second-order valence-electron chi connectivity index (χ2n) is 5.95. The standard InChI is InChI=1S/C15H16N4O3S2/c1-18-13(7-10-5-6-23-15(10)18)14(20)17-24(21,22)12-8-16-19(9-12)11-3-2-4-11/h5-9,11H,2-4H2,1H3,(H,17,20). The Hall–Kier alpha value is -2.13. The zero-order valence-electron chi connectivity index (χ0n) is 13.0. The summed E-state index contributed by atoms with van der Waals surface area (Å²) in [6.07, 6.45) is 5.93. The number of nitrogens with zero attached hydrogens (tertiary/aromatic N) is 3. The highest BCUT2D eigenvalue weighted by atomic mass is 32.2. The molecule has 0 radical (unpaired) electrons. The lowest BCUT2D eigenvalue weighted by Gasteiger charge is -2.25. The van der Waals surface area contributed by atoms with Gasteiger partial charge in [0, 0.05) is 18.6 Å². The molecule has 1 aliphatic rings. The maximum Gasteiger partial charge on any atom is 0.281 e. The van der Waals surface area contributed by atoms with E-state index in [1.807, 2.05) is 11.4 Å². The van der Waals surface area contributed by atoms with Gasteiger partial charge in [0.2, 0.25) is 0 Å². The summed E-state index contributed by atoms with van der Waals surface area (Å²) in [6.45, 7) is 0. The lowest BCUT2D eigenvalue weighted by molar-refractivity contribution is 0.0974. The van der Waals surface area contributed by atoms with Crippen molar-refractivity contribution in [2.45, 2.75) is 30.2 Å². The second kappa shape index (κ2) is 5.45. The molecule has 1 aliphatic carbocycles. The van der Waals surface area contributed by atoms with Crippen LogP contribution in [0.25, 0.3) is 10.2 Å². The minimum Gasteiger partial charge on any atom is -0.331 e. The Kier molecular flexibility index (Phi) is 3.50. The van der Waals surface area contributed by atoms with Gasteiger partial charge in [-0.1, -0.05) is 0 Å². The Labute approximate surface area is 142 Å². The summed E-state index contributed by atoms with van der Waals surface area (Å²) in [4.78, 5) is 13.3. The predicted octanol–water partition coefficient (Wildman–Crippen LogP) is 2.28. The smallest absolute Gasteiger partial charge is 0.281 e. The number of sulfonamides is 1. The van der Waals surface area contributed by atoms with Crippen molar-refractivity contribution in [3.05, 3.63) is 35.6 Å². The van der Waals surface area contributed by atoms with E-state index in [-0.39, 0.29) is 10.9 Å². The number of aromatic nitrogens is 3. The lowest BCUT2D eigenvalue weighted by atomic mass is 9.93. The Morgan fingerprint density at radius 3 is 2.88 bits per heavy atom. The first-order valence-corrected chi connectivity index (χ1v) is 9.96. The van der Waals surface area contributed by atoms with Crippen LogP contribution in [0.3, 0.4) is 0 Å². The van der Waals surface area contributed by atoms with Crippen molar-refractivity contribution in [3.63, 3.8) is 0 Å². The number of hydrogen-bond donors (Lipinski definition) is 1. The van der Waals surface area contributed by atoms with Crippen LogP contribution in [0.1, 0.15) is 35.8 Å². The van der Waals surface area contributed by atoms with E-state index >= 15 is 0 Å². The monoisotopic (exact) mass is 364 g/mol. The first kappa shape index (κ1) is 15.4. The Morgan fingerprint density at radius 2 is 2.21 bits per heavy atom. The van der Waals surface area contributed by atoms with Crippen molar-refractivity contribution in [2.24, 2.45) is 7.05 Å². The zero-order valence-corrected chi connectivity index (χ0v) is 14.6. The van der Waals surface area contributed by atoms with Gasteiger partial charge in [0.15, 0.2) is 0 Å². The molecule has 0 unspecified atom stereocenters. The molecule has 1 amide bonds. The molecule has 1 saturated carbocycles. The highest BCUT2D eigenvalue weighted by Crippen LogP contribution is 2.31. The molecule has 4 rings (SSSR count). The van der Waals surface area contributed by atoms with E-state index in [1.165, 1.54) is 23.7 Å². The molecule has 126 valence electrons. The van der Waals surface area contributed by atoms with Crippen molar-refractivity contribution < 1.29 is 13.2 Å². The second-order valence-corrected chi connectivity index (χ2v) is 8.52. The molecule has 3 aromatic rings. The molecule has 1 N–H and O–H groups in total. The van der Waals surface area contributed by atoms with Crippen molar-refractivity contribution in [2.75, 3.05) is 0 Å². The van der Waals surface area contributed by atoms with Crippen LogP contribution in [0.15, 0.2) is 34.8 Å². The van der Waals surface area contributed by atoms with Crippen LogP contribution in [0.2, 0.25) is 0 Å². The summed E-state index contributed by atoms with van der Waals surface area (Å²) in [5.74, 6) is -0.641. The number of amides is 1. The number of fused-ring (bicyclic) bond motifs is 1. The molecule has 9 heteroatoms. The quantitative estimate of drug-likeness (QED) is 0.769. The van der Waals surface area contributed by atoms with Gasteiger partial charge in [-0.3, -0.25) is 9.48 Å². The topological polar surface area (TPSA) is 86.0 Å². The van der Waals surface area contributed by atoms with Crippen LogP contribution in [-0.4, -0.2) is 28.7 Å². The zero-order chi connectivity index (χ0) is 16.9. The normalized spacial score (nSPS) is 15.5. The van der Waals surface area contributed by atoms with E-state index in [9.17, 15) is 13.2 Å². The minimum atomic E-state index is -3.93. The highest BCUT2D eigenvalue weighted by Gasteiger charge is 2.26. The Morgan fingerprint density at radius 1 is 1.42 bits per heavy atom. The maximum absolute atomic E-state index is 12.4. The minimum absolute atomic E-state index is 0.0128. The molecule has 0 bridgehead atoms. The lowest BCUT2D eigenvalue weighted by Crippen LogP contribution is -2.31. The Bertz CT molecular complexity index is 1020. The molecule has 3 aromatic heterocycles. The van der Waals surface area contributed by atoms with Gasteiger partial charge < -0.3 is 4.57 Å². The van der Waals surface area contributed by atoms with E-state index in [2.05, 4.69) is 9.82 Å². The predicted molar refractivity (Wildman–Crippen MR) is 90.6 cm³/mol. The third-order valence-corrected chi connectivity index (χ3v) is 6.72. The first-order valence-electron chi connectivity index (χ1n) is 7.60. The number of aryl methyl sites for hydroxylation is 1. The van der Waals surface area contributed by atoms with Crippen molar-refractivity contribution in [1.82, 2.24) is 19.1 Å². The van der Waals surface area contributed by atoms with E-state index in [4.69, 9.17) is 0 Å². The molecular weight excluding hydrogens is 348 g/mol. The third-order valence-electron chi connectivity index (χ3n) is 4.43. The molecule has 0 aromatic carbocycles. The van der Waals surface area contributed by atoms with Crippen molar-refractivity contribution in [3.8, 4) is 0 Å². The number of nitrogens with one attached hydrogen (secondary N) is 1. The number of rotatable bonds is 4. The van der Waals surface area contributed by atoms with E-state index < -0.39 is 15.9 Å². The van der Waals surface area contributed by atoms with E-state index in [0.717, 1.165) is 29.5 Å². The molecule has 3 heterocycles. The van der Waals surface area contributed by atoms with Gasteiger partial charge >= 0.3 is 0 Å². The van der Waals surface area contributed by atoms with Crippen molar-refractivity contribution >= 4 is 37.5 Å². The molecule has 1 fully saturated rings. The fourth-order valence-corrected chi connectivity index (χ4v) is 4.57. The van der Waals surface area contributed by atoms with E-state index in [0.29, 0.717) is 5.69 Å². The Balaban J connectivity index is 1.58. The van der Waals surface area contributed by atoms with Gasteiger partial charge in [-0.2, -0.15) is 5.10 Å². The first-order chi connectivity index (χ1) is 11.5. The fourth-order valence-electron chi connectivity index (χ4n) is 2.81. The number of hydrogen-bond acceptors (Lipinski definition) is 5. The molecule has 24 heavy (non-hydrogen) atoms. The van der Waals surface area contributed by atoms with Gasteiger partial charge in [-0.15, -0.1) is 11.3 Å². The maximum atomic E-state index is 12.4. The summed E-state index contributed by atoms with van der Waals surface area (Å²) < 4.78 is 30.4. The average molecular weight is 364 g/mol. The highest BCUT2D eigenvalue weighted by molar-refractivity contribution is 7.90. The SMILES string of the molecule is Cn1c(C(=O)NS(=O)(=O)c2cnn(C3CCC3)c2)cc2ccsc21. The van der Waals surface area contributed by atoms with Gasteiger partial charge in [-0.05, 0) is 36.8 Å². The van der Waals surface area contributed by atoms with E-state index in [1.54, 1.807) is 22.4 Å². The summed E-state index contributed by atoms with van der Waals surface area (Å²) in [5.41, 5.74) is 0.312.